The second-order valence-electron chi connectivity index (χ2n) is 2.73. The molecule has 0 aromatic rings. The van der Waals surface area contributed by atoms with Crippen LogP contribution in [0.25, 0.3) is 0 Å². The summed E-state index contributed by atoms with van der Waals surface area (Å²) in [7, 11) is 4.11. The van der Waals surface area contributed by atoms with E-state index in [9.17, 15) is 0 Å². The molecule has 0 spiro atoms. The molecule has 0 aliphatic carbocycles. The van der Waals surface area contributed by atoms with Crippen LogP contribution in [0.2, 0.25) is 0 Å². The van der Waals surface area contributed by atoms with E-state index in [1.54, 1.807) is 0 Å². The first-order chi connectivity index (χ1) is 4.22. The molecule has 0 saturated carbocycles. The van der Waals surface area contributed by atoms with Crippen molar-refractivity contribution in [2.45, 2.75) is 12.7 Å². The smallest absolute Gasteiger partial charge is 0.113 e. The molecular weight excluding hydrogens is 114 g/mol. The lowest BCUT2D eigenvalue weighted by molar-refractivity contribution is 0.0472. The third-order valence-corrected chi connectivity index (χ3v) is 1.92. The van der Waals surface area contributed by atoms with Crippen LogP contribution in [-0.4, -0.2) is 43.3 Å². The number of nitrogens with zero attached hydrogens (tertiary/aromatic N) is 2. The van der Waals surface area contributed by atoms with Gasteiger partial charge in [0.2, 0.25) is 0 Å². The van der Waals surface area contributed by atoms with Crippen molar-refractivity contribution < 1.29 is 0 Å². The van der Waals surface area contributed by atoms with Gasteiger partial charge < -0.3 is 5.73 Å². The second kappa shape index (κ2) is 2.64. The van der Waals surface area contributed by atoms with Crippen LogP contribution >= 0.6 is 0 Å². The summed E-state index contributed by atoms with van der Waals surface area (Å²) in [5, 5.41) is 0. The molecule has 1 rings (SSSR count). The zero-order chi connectivity index (χ0) is 6.85. The first kappa shape index (κ1) is 6.99. The van der Waals surface area contributed by atoms with Crippen molar-refractivity contribution in [2.75, 3.05) is 27.2 Å². The highest BCUT2D eigenvalue weighted by Crippen LogP contribution is 2.03. The van der Waals surface area contributed by atoms with Gasteiger partial charge in [-0.25, -0.2) is 0 Å². The molecular formula is C6H15N3. The highest BCUT2D eigenvalue weighted by atomic mass is 15.4. The Balaban J connectivity index is 2.41. The van der Waals surface area contributed by atoms with Gasteiger partial charge in [0.1, 0.15) is 6.29 Å². The Hall–Kier alpha value is -0.120. The zero-order valence-corrected chi connectivity index (χ0v) is 6.17. The summed E-state index contributed by atoms with van der Waals surface area (Å²) in [6.07, 6.45) is 1.37. The summed E-state index contributed by atoms with van der Waals surface area (Å²) in [5.41, 5.74) is 5.77. The van der Waals surface area contributed by atoms with Gasteiger partial charge in [0, 0.05) is 13.1 Å². The van der Waals surface area contributed by atoms with E-state index in [0.29, 0.717) is 0 Å². The molecule has 0 bridgehead atoms. The molecule has 3 heteroatoms. The van der Waals surface area contributed by atoms with Gasteiger partial charge in [0.05, 0.1) is 0 Å². The van der Waals surface area contributed by atoms with E-state index in [1.807, 2.05) is 0 Å². The minimum atomic E-state index is 0.138. The topological polar surface area (TPSA) is 32.5 Å². The quantitative estimate of drug-likeness (QED) is 0.478. The van der Waals surface area contributed by atoms with E-state index < -0.39 is 0 Å². The van der Waals surface area contributed by atoms with Crippen LogP contribution in [0.1, 0.15) is 6.42 Å². The molecule has 1 aliphatic rings. The molecule has 1 heterocycles. The van der Waals surface area contributed by atoms with Crippen molar-refractivity contribution in [2.24, 2.45) is 5.73 Å². The Labute approximate surface area is 56.4 Å². The summed E-state index contributed by atoms with van der Waals surface area (Å²) in [5.74, 6) is 0. The number of hydrogen-bond acceptors (Lipinski definition) is 3. The predicted octanol–water partition coefficient (Wildman–Crippen LogP) is -0.504. The van der Waals surface area contributed by atoms with Gasteiger partial charge in [-0.05, 0) is 20.5 Å². The zero-order valence-electron chi connectivity index (χ0n) is 6.17. The van der Waals surface area contributed by atoms with Crippen LogP contribution in [0, 0.1) is 0 Å². The van der Waals surface area contributed by atoms with Crippen LogP contribution in [0.15, 0.2) is 0 Å². The van der Waals surface area contributed by atoms with Crippen LogP contribution in [0.5, 0.6) is 0 Å². The largest absolute Gasteiger partial charge is 0.303 e. The maximum Gasteiger partial charge on any atom is 0.113 e. The third kappa shape index (κ3) is 1.41. The molecule has 1 fully saturated rings. The summed E-state index contributed by atoms with van der Waals surface area (Å²) >= 11 is 0. The first-order valence-corrected chi connectivity index (χ1v) is 3.38. The summed E-state index contributed by atoms with van der Waals surface area (Å²) < 4.78 is 0. The molecule has 2 N–H and O–H groups in total. The van der Waals surface area contributed by atoms with E-state index >= 15 is 0 Å². The molecule has 3 nitrogen and oxygen atoms in total. The molecule has 0 radical (unpaired) electrons. The Morgan fingerprint density at radius 3 is 2.00 bits per heavy atom. The molecule has 0 atom stereocenters. The average molecular weight is 129 g/mol. The predicted molar refractivity (Wildman–Crippen MR) is 37.9 cm³/mol. The Morgan fingerprint density at radius 2 is 1.67 bits per heavy atom. The Kier molecular flexibility index (Phi) is 2.05. The summed E-state index contributed by atoms with van der Waals surface area (Å²) in [6.45, 7) is 2.26. The fraction of sp³-hybridized carbons (Fsp3) is 1.00. The molecule has 1 saturated heterocycles. The van der Waals surface area contributed by atoms with Gasteiger partial charge >= 0.3 is 0 Å². The van der Waals surface area contributed by atoms with Crippen molar-refractivity contribution in [1.82, 2.24) is 9.80 Å². The van der Waals surface area contributed by atoms with Gasteiger partial charge in [-0.2, -0.15) is 0 Å². The second-order valence-corrected chi connectivity index (χ2v) is 2.73. The molecule has 0 unspecified atom stereocenters. The minimum absolute atomic E-state index is 0.138. The van der Waals surface area contributed by atoms with Crippen LogP contribution in [-0.2, 0) is 0 Å². The fourth-order valence-electron chi connectivity index (χ4n) is 1.17. The average Bonchev–Trinajstić information content (AvgIpc) is 1.83. The Bertz CT molecular complexity index is 84.3. The molecule has 0 amide bonds. The molecule has 54 valence electrons. The summed E-state index contributed by atoms with van der Waals surface area (Å²) in [4.78, 5) is 4.31. The van der Waals surface area contributed by atoms with Gasteiger partial charge in [0.25, 0.3) is 0 Å². The number of nitrogens with two attached hydrogens (primary N) is 1. The van der Waals surface area contributed by atoms with Crippen molar-refractivity contribution >= 4 is 0 Å². The van der Waals surface area contributed by atoms with Crippen molar-refractivity contribution in [1.29, 1.82) is 0 Å². The van der Waals surface area contributed by atoms with Crippen molar-refractivity contribution in [3.05, 3.63) is 0 Å². The maximum atomic E-state index is 5.77. The van der Waals surface area contributed by atoms with E-state index in [4.69, 9.17) is 5.73 Å². The van der Waals surface area contributed by atoms with E-state index in [1.165, 1.54) is 6.42 Å². The summed E-state index contributed by atoms with van der Waals surface area (Å²) in [6, 6.07) is 0. The Morgan fingerprint density at radius 1 is 1.22 bits per heavy atom. The number of rotatable bonds is 0. The van der Waals surface area contributed by atoms with Crippen LogP contribution < -0.4 is 5.73 Å². The third-order valence-electron chi connectivity index (χ3n) is 1.92. The van der Waals surface area contributed by atoms with Crippen molar-refractivity contribution in [3.8, 4) is 0 Å². The van der Waals surface area contributed by atoms with E-state index in [-0.39, 0.29) is 6.29 Å². The number of hydrogen-bond donors (Lipinski definition) is 1. The van der Waals surface area contributed by atoms with Gasteiger partial charge in [-0.1, -0.05) is 0 Å². The van der Waals surface area contributed by atoms with Gasteiger partial charge in [0.15, 0.2) is 0 Å². The molecule has 9 heavy (non-hydrogen) atoms. The van der Waals surface area contributed by atoms with E-state index in [0.717, 1.165) is 13.1 Å². The highest BCUT2D eigenvalue weighted by Gasteiger charge is 2.18. The fourth-order valence-corrected chi connectivity index (χ4v) is 1.17. The lowest BCUT2D eigenvalue weighted by atomic mass is 10.3. The van der Waals surface area contributed by atoms with Gasteiger partial charge in [-0.15, -0.1) is 0 Å². The van der Waals surface area contributed by atoms with E-state index in [2.05, 4.69) is 23.9 Å². The first-order valence-electron chi connectivity index (χ1n) is 3.38. The lowest BCUT2D eigenvalue weighted by Crippen LogP contribution is -2.55. The highest BCUT2D eigenvalue weighted by molar-refractivity contribution is 4.68. The minimum Gasteiger partial charge on any atom is -0.303 e. The van der Waals surface area contributed by atoms with Crippen molar-refractivity contribution in [3.63, 3.8) is 0 Å². The SMILES string of the molecule is CN1CCCN(C)C1N. The maximum absolute atomic E-state index is 5.77. The van der Waals surface area contributed by atoms with Gasteiger partial charge in [-0.3, -0.25) is 9.80 Å². The standard InChI is InChI=1S/C6H15N3/c1-8-4-3-5-9(2)6(8)7/h6H,3-5,7H2,1-2H3. The lowest BCUT2D eigenvalue weighted by Gasteiger charge is -2.37. The van der Waals surface area contributed by atoms with Crippen LogP contribution in [0.4, 0.5) is 0 Å². The molecule has 0 aromatic heterocycles. The molecule has 1 aliphatic heterocycles. The normalized spacial score (nSPS) is 27.0. The van der Waals surface area contributed by atoms with Crippen LogP contribution in [0.3, 0.4) is 0 Å². The monoisotopic (exact) mass is 129 g/mol. The molecule has 0 aromatic carbocycles.